The van der Waals surface area contributed by atoms with Gasteiger partial charge in [0.15, 0.2) is 9.76 Å². The Hall–Kier alpha value is 0.0569. The lowest BCUT2D eigenvalue weighted by atomic mass is 9.76. The van der Waals surface area contributed by atoms with Crippen LogP contribution in [0, 0.1) is 5.41 Å². The molecule has 0 spiro atoms. The summed E-state index contributed by atoms with van der Waals surface area (Å²) in [5.74, 6) is 0. The number of hydrogen-bond donors (Lipinski definition) is 0. The van der Waals surface area contributed by atoms with Crippen molar-refractivity contribution in [3.63, 3.8) is 0 Å². The van der Waals surface area contributed by atoms with E-state index in [1.54, 1.807) is 0 Å². The standard InChI is InChI=1S/C24H55N3OSi/c1-10-25(7)19-13-16-24(17-14-20-26(8)11-2,18-15-21-27(9)12-3)22-29-28-23(4,5)6/h10-22,29H2,1-9H3. The van der Waals surface area contributed by atoms with Crippen molar-refractivity contribution in [2.24, 2.45) is 5.41 Å². The molecule has 0 saturated heterocycles. The first kappa shape index (κ1) is 29.1. The van der Waals surface area contributed by atoms with Crippen LogP contribution in [0.4, 0.5) is 0 Å². The van der Waals surface area contributed by atoms with Crippen molar-refractivity contribution < 1.29 is 4.43 Å². The van der Waals surface area contributed by atoms with E-state index in [2.05, 4.69) is 77.4 Å². The second-order valence-corrected chi connectivity index (χ2v) is 11.4. The summed E-state index contributed by atoms with van der Waals surface area (Å²) < 4.78 is 6.34. The summed E-state index contributed by atoms with van der Waals surface area (Å²) in [6.45, 7) is 20.6. The zero-order chi connectivity index (χ0) is 22.3. The van der Waals surface area contributed by atoms with E-state index >= 15 is 0 Å². The Morgan fingerprint density at radius 3 is 1.28 bits per heavy atom. The van der Waals surface area contributed by atoms with Gasteiger partial charge in [0.2, 0.25) is 0 Å². The van der Waals surface area contributed by atoms with Crippen molar-refractivity contribution in [3.8, 4) is 0 Å². The van der Waals surface area contributed by atoms with Gasteiger partial charge < -0.3 is 19.1 Å². The molecule has 0 aromatic carbocycles. The molecule has 0 rings (SSSR count). The summed E-state index contributed by atoms with van der Waals surface area (Å²) in [6, 6.07) is 1.34. The van der Waals surface area contributed by atoms with E-state index < -0.39 is 9.76 Å². The molecule has 176 valence electrons. The summed E-state index contributed by atoms with van der Waals surface area (Å²) >= 11 is 0. The number of nitrogens with zero attached hydrogens (tertiary/aromatic N) is 3. The van der Waals surface area contributed by atoms with Gasteiger partial charge in [0, 0.05) is 5.60 Å². The van der Waals surface area contributed by atoms with E-state index in [9.17, 15) is 0 Å². The van der Waals surface area contributed by atoms with Crippen LogP contribution in [0.2, 0.25) is 6.04 Å². The first-order valence-corrected chi connectivity index (χ1v) is 13.8. The third-order valence-corrected chi connectivity index (χ3v) is 8.86. The van der Waals surface area contributed by atoms with Crippen molar-refractivity contribution in [2.75, 3.05) is 60.4 Å². The summed E-state index contributed by atoms with van der Waals surface area (Å²) in [5, 5.41) is 0. The molecule has 0 N–H and O–H groups in total. The summed E-state index contributed by atoms with van der Waals surface area (Å²) in [4.78, 5) is 7.39. The smallest absolute Gasteiger partial charge is 0.162 e. The lowest BCUT2D eigenvalue weighted by Gasteiger charge is -2.37. The highest BCUT2D eigenvalue weighted by Crippen LogP contribution is 2.39. The molecule has 0 aliphatic heterocycles. The SMILES string of the molecule is CCN(C)CCCC(CCCN(C)CC)(CCCN(C)CC)C[SiH2]OC(C)(C)C. The largest absolute Gasteiger partial charge is 0.419 e. The van der Waals surface area contributed by atoms with Crippen molar-refractivity contribution in [3.05, 3.63) is 0 Å². The molecule has 0 amide bonds. The van der Waals surface area contributed by atoms with E-state index in [-0.39, 0.29) is 5.60 Å². The van der Waals surface area contributed by atoms with Gasteiger partial charge in [-0.3, -0.25) is 0 Å². The van der Waals surface area contributed by atoms with Crippen LogP contribution >= 0.6 is 0 Å². The highest BCUT2D eigenvalue weighted by Gasteiger charge is 2.30. The van der Waals surface area contributed by atoms with Gasteiger partial charge >= 0.3 is 0 Å². The van der Waals surface area contributed by atoms with E-state index in [1.807, 2.05) is 0 Å². The zero-order valence-corrected chi connectivity index (χ0v) is 23.1. The van der Waals surface area contributed by atoms with E-state index in [4.69, 9.17) is 4.43 Å². The van der Waals surface area contributed by atoms with Gasteiger partial charge in [0.05, 0.1) is 0 Å². The van der Waals surface area contributed by atoms with Gasteiger partial charge in [-0.25, -0.2) is 0 Å². The molecule has 4 nitrogen and oxygen atoms in total. The van der Waals surface area contributed by atoms with Gasteiger partial charge in [-0.1, -0.05) is 20.8 Å². The average Bonchev–Trinajstić information content (AvgIpc) is 2.66. The van der Waals surface area contributed by atoms with Crippen LogP contribution in [0.15, 0.2) is 0 Å². The van der Waals surface area contributed by atoms with Crippen LogP contribution < -0.4 is 0 Å². The minimum absolute atomic E-state index is 0.0191. The topological polar surface area (TPSA) is 19.0 Å². The van der Waals surface area contributed by atoms with E-state index in [1.165, 1.54) is 64.2 Å². The van der Waals surface area contributed by atoms with Gasteiger partial charge in [-0.2, -0.15) is 0 Å². The molecule has 0 aromatic heterocycles. The Morgan fingerprint density at radius 2 is 1.00 bits per heavy atom. The maximum atomic E-state index is 6.34. The third kappa shape index (κ3) is 15.5. The minimum atomic E-state index is -0.496. The molecule has 0 heterocycles. The van der Waals surface area contributed by atoms with Crippen LogP contribution in [0.3, 0.4) is 0 Å². The fourth-order valence-electron chi connectivity index (χ4n) is 3.97. The molecule has 0 bridgehead atoms. The third-order valence-electron chi connectivity index (χ3n) is 6.53. The predicted molar refractivity (Wildman–Crippen MR) is 134 cm³/mol. The van der Waals surface area contributed by atoms with Gasteiger partial charge in [0.1, 0.15) is 0 Å². The first-order chi connectivity index (χ1) is 13.6. The van der Waals surface area contributed by atoms with Crippen molar-refractivity contribution in [1.29, 1.82) is 0 Å². The van der Waals surface area contributed by atoms with Crippen LogP contribution in [0.1, 0.15) is 80.1 Å². The molecule has 5 heteroatoms. The summed E-state index contributed by atoms with van der Waals surface area (Å²) in [5.41, 5.74) is 0.500. The Kier molecular flexibility index (Phi) is 15.8. The number of rotatable bonds is 18. The molecule has 0 atom stereocenters. The van der Waals surface area contributed by atoms with Crippen LogP contribution in [-0.4, -0.2) is 90.5 Å². The molecular weight excluding hydrogens is 374 g/mol. The minimum Gasteiger partial charge on any atom is -0.419 e. The second-order valence-electron chi connectivity index (χ2n) is 10.2. The van der Waals surface area contributed by atoms with Gasteiger partial charge in [-0.15, -0.1) is 0 Å². The highest BCUT2D eigenvalue weighted by atomic mass is 28.2. The maximum absolute atomic E-state index is 6.34. The Labute approximate surface area is 186 Å². The lowest BCUT2D eigenvalue weighted by Crippen LogP contribution is -2.31. The molecule has 0 aliphatic rings. The molecule has 0 radical (unpaired) electrons. The maximum Gasteiger partial charge on any atom is 0.162 e. The molecule has 0 aliphatic carbocycles. The Bertz CT molecular complexity index is 346. The van der Waals surface area contributed by atoms with Crippen molar-refractivity contribution in [2.45, 2.75) is 91.7 Å². The van der Waals surface area contributed by atoms with Crippen LogP contribution in [0.5, 0.6) is 0 Å². The summed E-state index contributed by atoms with van der Waals surface area (Å²) in [6.07, 6.45) is 8.06. The lowest BCUT2D eigenvalue weighted by molar-refractivity contribution is 0.126. The molecule has 0 fully saturated rings. The van der Waals surface area contributed by atoms with Gasteiger partial charge in [0.25, 0.3) is 0 Å². The highest BCUT2D eigenvalue weighted by molar-refractivity contribution is 6.27. The monoisotopic (exact) mass is 429 g/mol. The van der Waals surface area contributed by atoms with Crippen LogP contribution in [0.25, 0.3) is 0 Å². The quantitative estimate of drug-likeness (QED) is 0.299. The Morgan fingerprint density at radius 1 is 0.655 bits per heavy atom. The van der Waals surface area contributed by atoms with Crippen LogP contribution in [-0.2, 0) is 4.43 Å². The second kappa shape index (κ2) is 15.8. The Balaban J connectivity index is 5.10. The average molecular weight is 430 g/mol. The van der Waals surface area contributed by atoms with Crippen molar-refractivity contribution >= 4 is 9.76 Å². The molecule has 0 aromatic rings. The van der Waals surface area contributed by atoms with E-state index in [0.717, 1.165) is 19.6 Å². The number of hydrogen-bond acceptors (Lipinski definition) is 4. The fourth-order valence-corrected chi connectivity index (χ4v) is 5.87. The van der Waals surface area contributed by atoms with Gasteiger partial charge in [-0.05, 0) is 131 Å². The molecular formula is C24H55N3OSi. The van der Waals surface area contributed by atoms with Crippen molar-refractivity contribution in [1.82, 2.24) is 14.7 Å². The molecule has 0 saturated carbocycles. The molecule has 29 heavy (non-hydrogen) atoms. The summed E-state index contributed by atoms with van der Waals surface area (Å²) in [7, 11) is 6.27. The zero-order valence-electron chi connectivity index (χ0n) is 21.6. The fraction of sp³-hybridized carbons (Fsp3) is 1.00. The first-order valence-electron chi connectivity index (χ1n) is 12.3. The normalized spacial score (nSPS) is 13.7. The van der Waals surface area contributed by atoms with E-state index in [0.29, 0.717) is 5.41 Å². The molecule has 0 unspecified atom stereocenters. The predicted octanol–water partition coefficient (Wildman–Crippen LogP) is 4.49.